The number of hydrogen-bond donors (Lipinski definition) is 1. The molecule has 4 fully saturated rings. The Kier molecular flexibility index (Phi) is 7.09. The number of ketones is 1. The van der Waals surface area contributed by atoms with Crippen molar-refractivity contribution in [1.82, 2.24) is 5.32 Å². The normalized spacial score (nSPS) is 41.0. The second kappa shape index (κ2) is 9.66. The monoisotopic (exact) mass is 444 g/mol. The summed E-state index contributed by atoms with van der Waals surface area (Å²) in [7, 11) is 0. The van der Waals surface area contributed by atoms with Crippen LogP contribution in [0.15, 0.2) is 17.3 Å². The number of oxime groups is 1. The van der Waals surface area contributed by atoms with E-state index in [4.69, 9.17) is 9.57 Å². The summed E-state index contributed by atoms with van der Waals surface area (Å²) in [5, 5.41) is 7.86. The number of ether oxygens (including phenoxy) is 1. The fourth-order valence-corrected chi connectivity index (χ4v) is 6.90. The highest BCUT2D eigenvalue weighted by molar-refractivity contribution is 5.87. The van der Waals surface area contributed by atoms with Crippen molar-refractivity contribution in [1.29, 1.82) is 0 Å². The molecular weight excluding hydrogens is 404 g/mol. The quantitative estimate of drug-likeness (QED) is 0.340. The van der Waals surface area contributed by atoms with Gasteiger partial charge in [0.05, 0.1) is 12.3 Å². The van der Waals surface area contributed by atoms with E-state index < -0.39 is 0 Å². The summed E-state index contributed by atoms with van der Waals surface area (Å²) in [6.07, 6.45) is 9.54. The highest BCUT2D eigenvalue weighted by Crippen LogP contribution is 2.57. The molecule has 178 valence electrons. The molecule has 1 saturated heterocycles. The van der Waals surface area contributed by atoms with Crippen molar-refractivity contribution in [3.63, 3.8) is 0 Å². The molecule has 6 atom stereocenters. The van der Waals surface area contributed by atoms with Crippen LogP contribution < -0.4 is 5.32 Å². The first-order valence-corrected chi connectivity index (χ1v) is 12.6. The average molecular weight is 445 g/mol. The predicted molar refractivity (Wildman–Crippen MR) is 124 cm³/mol. The third kappa shape index (κ3) is 4.40. The van der Waals surface area contributed by atoms with Crippen LogP contribution in [0.5, 0.6) is 0 Å². The zero-order valence-corrected chi connectivity index (χ0v) is 19.9. The summed E-state index contributed by atoms with van der Waals surface area (Å²) in [4.78, 5) is 29.7. The predicted octanol–water partition coefficient (Wildman–Crippen LogP) is 4.43. The van der Waals surface area contributed by atoms with E-state index in [0.717, 1.165) is 83.0 Å². The first-order chi connectivity index (χ1) is 15.4. The van der Waals surface area contributed by atoms with E-state index in [-0.39, 0.29) is 22.9 Å². The van der Waals surface area contributed by atoms with Crippen LogP contribution in [0, 0.1) is 28.6 Å². The van der Waals surface area contributed by atoms with Crippen molar-refractivity contribution in [3.05, 3.63) is 12.2 Å². The molecule has 6 heteroatoms. The maximum absolute atomic E-state index is 12.7. The molecule has 0 radical (unpaired) electrons. The van der Waals surface area contributed by atoms with Crippen LogP contribution in [-0.2, 0) is 19.2 Å². The lowest BCUT2D eigenvalue weighted by Crippen LogP contribution is -2.50. The zero-order chi connectivity index (χ0) is 22.8. The molecule has 3 aliphatic carbocycles. The molecule has 0 aromatic heterocycles. The second-order valence-electron chi connectivity index (χ2n) is 11.0. The Morgan fingerprint density at radius 2 is 2.09 bits per heavy atom. The van der Waals surface area contributed by atoms with Gasteiger partial charge in [-0.2, -0.15) is 0 Å². The molecule has 1 aliphatic heterocycles. The lowest BCUT2D eigenvalue weighted by molar-refractivity contribution is -0.137. The highest BCUT2D eigenvalue weighted by Gasteiger charge is 2.53. The topological polar surface area (TPSA) is 77.0 Å². The van der Waals surface area contributed by atoms with Gasteiger partial charge in [0.2, 0.25) is 0 Å². The van der Waals surface area contributed by atoms with Crippen LogP contribution >= 0.6 is 0 Å². The number of carbonyl (C=O) groups is 2. The minimum absolute atomic E-state index is 0.106. The number of carbonyl (C=O) groups excluding carboxylic acids is 2. The summed E-state index contributed by atoms with van der Waals surface area (Å²) < 4.78 is 5.46. The van der Waals surface area contributed by atoms with Crippen LogP contribution in [0.2, 0.25) is 0 Å². The molecule has 0 aromatic carbocycles. The van der Waals surface area contributed by atoms with Gasteiger partial charge in [0, 0.05) is 30.2 Å². The minimum atomic E-state index is -0.207. The van der Waals surface area contributed by atoms with Crippen molar-refractivity contribution in [3.8, 4) is 0 Å². The third-order valence-electron chi connectivity index (χ3n) is 9.44. The van der Waals surface area contributed by atoms with Gasteiger partial charge in [-0.25, -0.2) is 0 Å². The first-order valence-electron chi connectivity index (χ1n) is 12.6. The molecule has 0 amide bonds. The molecule has 32 heavy (non-hydrogen) atoms. The van der Waals surface area contributed by atoms with E-state index in [1.54, 1.807) is 0 Å². The van der Waals surface area contributed by atoms with Crippen molar-refractivity contribution in [2.24, 2.45) is 33.7 Å². The molecule has 6 unspecified atom stereocenters. The Hall–Kier alpha value is -1.69. The molecule has 4 rings (SSSR count). The molecule has 1 N–H and O–H groups in total. The molecular formula is C26H40N2O4. The van der Waals surface area contributed by atoms with Gasteiger partial charge < -0.3 is 14.9 Å². The summed E-state index contributed by atoms with van der Waals surface area (Å²) in [6.45, 7) is 11.7. The number of fused-ring (bicyclic) bond motifs is 1. The Morgan fingerprint density at radius 1 is 1.25 bits per heavy atom. The van der Waals surface area contributed by atoms with E-state index in [2.05, 4.69) is 30.9 Å². The summed E-state index contributed by atoms with van der Waals surface area (Å²) in [5.41, 5.74) is 2.05. The van der Waals surface area contributed by atoms with Crippen LogP contribution in [0.1, 0.15) is 78.1 Å². The lowest BCUT2D eigenvalue weighted by atomic mass is 9.52. The highest BCUT2D eigenvalue weighted by atomic mass is 16.6. The van der Waals surface area contributed by atoms with Gasteiger partial charge in [0.25, 0.3) is 6.47 Å². The largest absolute Gasteiger partial charge is 0.467 e. The summed E-state index contributed by atoms with van der Waals surface area (Å²) >= 11 is 0. The number of rotatable bonds is 8. The molecule has 6 nitrogen and oxygen atoms in total. The molecule has 0 spiro atoms. The van der Waals surface area contributed by atoms with Crippen molar-refractivity contribution in [2.75, 3.05) is 19.7 Å². The van der Waals surface area contributed by atoms with Crippen molar-refractivity contribution >= 4 is 18.0 Å². The average Bonchev–Trinajstić information content (AvgIpc) is 3.40. The van der Waals surface area contributed by atoms with Crippen LogP contribution in [-0.4, -0.2) is 43.8 Å². The van der Waals surface area contributed by atoms with Crippen LogP contribution in [0.4, 0.5) is 0 Å². The van der Waals surface area contributed by atoms with Gasteiger partial charge in [0.15, 0.2) is 0 Å². The number of hydrogen-bond acceptors (Lipinski definition) is 6. The fraction of sp³-hybridized carbons (Fsp3) is 0.808. The van der Waals surface area contributed by atoms with Gasteiger partial charge >= 0.3 is 0 Å². The Balaban J connectivity index is 1.50. The van der Waals surface area contributed by atoms with E-state index in [0.29, 0.717) is 30.7 Å². The van der Waals surface area contributed by atoms with E-state index in [1.807, 2.05) is 0 Å². The maximum Gasteiger partial charge on any atom is 0.293 e. The summed E-state index contributed by atoms with van der Waals surface area (Å²) in [6, 6.07) is 0. The third-order valence-corrected chi connectivity index (χ3v) is 9.44. The lowest BCUT2D eigenvalue weighted by Gasteiger charge is -2.53. The first kappa shape index (κ1) is 23.5. The SMILES string of the molecule is C=C1CCC(CCC2(C)C(=O)CCC2C)C2(COC=O)CCC(=NOC3CCNC3)CC12. The van der Waals surface area contributed by atoms with Gasteiger partial charge in [-0.3, -0.25) is 9.59 Å². The minimum Gasteiger partial charge on any atom is -0.467 e. The van der Waals surface area contributed by atoms with Gasteiger partial charge in [0.1, 0.15) is 11.9 Å². The van der Waals surface area contributed by atoms with Crippen molar-refractivity contribution < 1.29 is 19.2 Å². The van der Waals surface area contributed by atoms with Gasteiger partial charge in [-0.1, -0.05) is 31.2 Å². The Bertz CT molecular complexity index is 759. The number of nitrogens with one attached hydrogen (secondary N) is 1. The molecule has 1 heterocycles. The maximum atomic E-state index is 12.7. The Morgan fingerprint density at radius 3 is 2.78 bits per heavy atom. The molecule has 3 saturated carbocycles. The van der Waals surface area contributed by atoms with Crippen LogP contribution in [0.3, 0.4) is 0 Å². The zero-order valence-electron chi connectivity index (χ0n) is 19.9. The molecule has 0 bridgehead atoms. The van der Waals surface area contributed by atoms with E-state index in [9.17, 15) is 9.59 Å². The van der Waals surface area contributed by atoms with Gasteiger partial charge in [-0.15, -0.1) is 0 Å². The van der Waals surface area contributed by atoms with E-state index >= 15 is 0 Å². The standard InChI is InChI=1S/C26H40N2O4/c1-18-4-6-20(8-11-25(3)19(2)5-7-24(25)30)26(16-31-17-29)12-9-21(14-23(18)26)28-32-22-10-13-27-15-22/h17,19-20,22-23,27H,1,4-16H2,2-3H3. The second-order valence-corrected chi connectivity index (χ2v) is 11.0. The number of nitrogens with zero attached hydrogens (tertiary/aromatic N) is 1. The molecule has 4 aliphatic rings. The van der Waals surface area contributed by atoms with Gasteiger partial charge in [-0.05, 0) is 75.7 Å². The number of allylic oxidation sites excluding steroid dienone is 1. The summed E-state index contributed by atoms with van der Waals surface area (Å²) in [5.74, 6) is 1.55. The number of Topliss-reactive ketones (excluding diaryl/α,β-unsaturated/α-hetero) is 1. The molecule has 0 aromatic rings. The smallest absolute Gasteiger partial charge is 0.293 e. The van der Waals surface area contributed by atoms with Crippen molar-refractivity contribution in [2.45, 2.75) is 84.2 Å². The fourth-order valence-electron chi connectivity index (χ4n) is 6.90. The van der Waals surface area contributed by atoms with E-state index in [1.165, 1.54) is 5.57 Å². The Labute approximate surface area is 192 Å². The van der Waals surface area contributed by atoms with Crippen LogP contribution in [0.25, 0.3) is 0 Å².